The van der Waals surface area contributed by atoms with Gasteiger partial charge in [0.1, 0.15) is 5.75 Å². The zero-order chi connectivity index (χ0) is 14.5. The largest absolute Gasteiger partial charge is 0.497 e. The van der Waals surface area contributed by atoms with Crippen LogP contribution in [0.5, 0.6) is 5.75 Å². The second kappa shape index (κ2) is 6.21. The Morgan fingerprint density at radius 1 is 1.20 bits per heavy atom. The van der Waals surface area contributed by atoms with Gasteiger partial charge in [-0.1, -0.05) is 18.2 Å². The zero-order valence-electron chi connectivity index (χ0n) is 11.5. The molecule has 4 nitrogen and oxygen atoms in total. The summed E-state index contributed by atoms with van der Waals surface area (Å²) < 4.78 is 5.14. The Morgan fingerprint density at radius 2 is 1.90 bits per heavy atom. The number of ether oxygens (including phenoxy) is 1. The number of hydrogen-bond donors (Lipinski definition) is 2. The van der Waals surface area contributed by atoms with Gasteiger partial charge in [0.25, 0.3) is 0 Å². The molecule has 0 atom stereocenters. The lowest BCUT2D eigenvalue weighted by molar-refractivity contribution is -0.114. The molecule has 0 fully saturated rings. The molecule has 0 radical (unpaired) electrons. The molecular formula is C16H17NO3. The Kier molecular flexibility index (Phi) is 4.38. The highest BCUT2D eigenvalue weighted by Gasteiger charge is 2.08. The van der Waals surface area contributed by atoms with Crippen LogP contribution < -0.4 is 10.1 Å². The van der Waals surface area contributed by atoms with Crippen LogP contribution >= 0.6 is 0 Å². The minimum Gasteiger partial charge on any atom is -0.497 e. The number of hydrogen-bond acceptors (Lipinski definition) is 3. The number of aliphatic hydroxyl groups is 1. The van der Waals surface area contributed by atoms with E-state index in [1.807, 2.05) is 30.3 Å². The minimum absolute atomic E-state index is 0.0382. The number of carbonyl (C=O) groups excluding carboxylic acids is 1. The summed E-state index contributed by atoms with van der Waals surface area (Å²) >= 11 is 0. The Bertz CT molecular complexity index is 606. The minimum atomic E-state index is -0.128. The van der Waals surface area contributed by atoms with E-state index in [2.05, 4.69) is 5.32 Å². The number of aliphatic hydroxyl groups excluding tert-OH is 1. The van der Waals surface area contributed by atoms with E-state index < -0.39 is 0 Å². The molecule has 0 aliphatic rings. The van der Waals surface area contributed by atoms with Gasteiger partial charge >= 0.3 is 0 Å². The molecule has 1 amide bonds. The summed E-state index contributed by atoms with van der Waals surface area (Å²) in [7, 11) is 1.62. The van der Waals surface area contributed by atoms with E-state index in [-0.39, 0.29) is 12.5 Å². The average Bonchev–Trinajstić information content (AvgIpc) is 2.47. The number of carbonyl (C=O) groups is 1. The number of anilines is 1. The molecule has 0 aromatic heterocycles. The summed E-state index contributed by atoms with van der Waals surface area (Å²) in [5.74, 6) is 0.643. The summed E-state index contributed by atoms with van der Waals surface area (Å²) in [5, 5.41) is 12.1. The predicted octanol–water partition coefficient (Wildman–Crippen LogP) is 2.81. The van der Waals surface area contributed by atoms with Gasteiger partial charge in [0, 0.05) is 18.2 Å². The van der Waals surface area contributed by atoms with Gasteiger partial charge in [-0.2, -0.15) is 0 Å². The van der Waals surface area contributed by atoms with Gasteiger partial charge in [-0.25, -0.2) is 0 Å². The highest BCUT2D eigenvalue weighted by atomic mass is 16.5. The van der Waals surface area contributed by atoms with Crippen LogP contribution in [0.25, 0.3) is 11.1 Å². The molecule has 0 bridgehead atoms. The van der Waals surface area contributed by atoms with Crippen LogP contribution in [-0.4, -0.2) is 18.1 Å². The maximum Gasteiger partial charge on any atom is 0.221 e. The third kappa shape index (κ3) is 3.16. The second-order valence-corrected chi connectivity index (χ2v) is 4.45. The fraction of sp³-hybridized carbons (Fsp3) is 0.188. The van der Waals surface area contributed by atoms with Gasteiger partial charge in [-0.05, 0) is 35.4 Å². The normalized spacial score (nSPS) is 10.2. The summed E-state index contributed by atoms with van der Waals surface area (Å²) in [6.07, 6.45) is 0. The fourth-order valence-corrected chi connectivity index (χ4v) is 2.00. The summed E-state index contributed by atoms with van der Waals surface area (Å²) in [6, 6.07) is 13.0. The highest BCUT2D eigenvalue weighted by Crippen LogP contribution is 2.30. The maximum atomic E-state index is 11.3. The van der Waals surface area contributed by atoms with Crippen LogP contribution in [0.1, 0.15) is 12.5 Å². The summed E-state index contributed by atoms with van der Waals surface area (Å²) in [4.78, 5) is 11.3. The van der Waals surface area contributed by atoms with E-state index in [4.69, 9.17) is 4.74 Å². The van der Waals surface area contributed by atoms with Gasteiger partial charge in [0.15, 0.2) is 0 Å². The first kappa shape index (κ1) is 14.1. The quantitative estimate of drug-likeness (QED) is 0.899. The third-order valence-corrected chi connectivity index (χ3v) is 2.98. The average molecular weight is 271 g/mol. The van der Waals surface area contributed by atoms with Crippen LogP contribution in [0.2, 0.25) is 0 Å². The molecule has 0 aliphatic heterocycles. The van der Waals surface area contributed by atoms with Crippen LogP contribution in [-0.2, 0) is 11.4 Å². The van der Waals surface area contributed by atoms with Crippen molar-refractivity contribution in [2.24, 2.45) is 0 Å². The van der Waals surface area contributed by atoms with E-state index >= 15 is 0 Å². The Morgan fingerprint density at radius 3 is 2.45 bits per heavy atom. The van der Waals surface area contributed by atoms with E-state index in [0.717, 1.165) is 28.1 Å². The lowest BCUT2D eigenvalue weighted by atomic mass is 10.0. The Hall–Kier alpha value is -2.33. The maximum absolute atomic E-state index is 11.3. The monoisotopic (exact) mass is 271 g/mol. The van der Waals surface area contributed by atoms with Gasteiger partial charge in [0.2, 0.25) is 5.91 Å². The fourth-order valence-electron chi connectivity index (χ4n) is 2.00. The second-order valence-electron chi connectivity index (χ2n) is 4.45. The number of rotatable bonds is 4. The molecule has 20 heavy (non-hydrogen) atoms. The number of methoxy groups -OCH3 is 1. The van der Waals surface area contributed by atoms with Crippen molar-refractivity contribution in [3.8, 4) is 16.9 Å². The van der Waals surface area contributed by atoms with Crippen molar-refractivity contribution in [2.75, 3.05) is 12.4 Å². The molecule has 4 heteroatoms. The molecule has 2 aromatic rings. The smallest absolute Gasteiger partial charge is 0.221 e. The molecule has 2 rings (SSSR count). The molecule has 0 aliphatic carbocycles. The Labute approximate surface area is 118 Å². The molecule has 2 aromatic carbocycles. The first-order chi connectivity index (χ1) is 9.63. The first-order valence-electron chi connectivity index (χ1n) is 6.30. The van der Waals surface area contributed by atoms with Gasteiger partial charge in [0.05, 0.1) is 13.7 Å². The molecular weight excluding hydrogens is 254 g/mol. The zero-order valence-corrected chi connectivity index (χ0v) is 11.5. The van der Waals surface area contributed by atoms with Crippen LogP contribution in [0.3, 0.4) is 0 Å². The van der Waals surface area contributed by atoms with Crippen molar-refractivity contribution >= 4 is 11.6 Å². The lowest BCUT2D eigenvalue weighted by Gasteiger charge is -2.12. The van der Waals surface area contributed by atoms with Gasteiger partial charge in [-0.15, -0.1) is 0 Å². The molecule has 0 saturated carbocycles. The van der Waals surface area contributed by atoms with Gasteiger partial charge < -0.3 is 15.2 Å². The van der Waals surface area contributed by atoms with E-state index in [9.17, 15) is 9.90 Å². The van der Waals surface area contributed by atoms with E-state index in [1.54, 1.807) is 19.2 Å². The molecule has 104 valence electrons. The van der Waals surface area contributed by atoms with E-state index in [1.165, 1.54) is 6.92 Å². The number of benzene rings is 2. The van der Waals surface area contributed by atoms with Crippen molar-refractivity contribution in [3.05, 3.63) is 48.0 Å². The van der Waals surface area contributed by atoms with Crippen molar-refractivity contribution in [1.29, 1.82) is 0 Å². The van der Waals surface area contributed by atoms with Crippen molar-refractivity contribution < 1.29 is 14.6 Å². The molecule has 0 saturated heterocycles. The third-order valence-electron chi connectivity index (χ3n) is 2.98. The van der Waals surface area contributed by atoms with E-state index in [0.29, 0.717) is 0 Å². The summed E-state index contributed by atoms with van der Waals surface area (Å²) in [6.45, 7) is 1.43. The first-order valence-corrected chi connectivity index (χ1v) is 6.30. The standard InChI is InChI=1S/C16H17NO3/c1-11(19)17-16-8-3-12(10-18)9-15(16)13-4-6-14(20-2)7-5-13/h3-9,18H,10H2,1-2H3,(H,17,19). The van der Waals surface area contributed by atoms with Crippen LogP contribution in [0.4, 0.5) is 5.69 Å². The van der Waals surface area contributed by atoms with Crippen LogP contribution in [0.15, 0.2) is 42.5 Å². The Balaban J connectivity index is 2.47. The highest BCUT2D eigenvalue weighted by molar-refractivity contribution is 5.94. The van der Waals surface area contributed by atoms with Crippen LogP contribution in [0, 0.1) is 0 Å². The number of amides is 1. The molecule has 0 spiro atoms. The molecule has 0 unspecified atom stereocenters. The van der Waals surface area contributed by atoms with Crippen molar-refractivity contribution in [2.45, 2.75) is 13.5 Å². The summed E-state index contributed by atoms with van der Waals surface area (Å²) in [5.41, 5.74) is 3.34. The topological polar surface area (TPSA) is 58.6 Å². The van der Waals surface area contributed by atoms with Gasteiger partial charge in [-0.3, -0.25) is 4.79 Å². The van der Waals surface area contributed by atoms with Crippen molar-refractivity contribution in [3.63, 3.8) is 0 Å². The number of nitrogens with one attached hydrogen (secondary N) is 1. The molecule has 2 N–H and O–H groups in total. The lowest BCUT2D eigenvalue weighted by Crippen LogP contribution is -2.07. The SMILES string of the molecule is COc1ccc(-c2cc(CO)ccc2NC(C)=O)cc1. The predicted molar refractivity (Wildman–Crippen MR) is 78.7 cm³/mol. The molecule has 0 heterocycles. The van der Waals surface area contributed by atoms with Crippen molar-refractivity contribution in [1.82, 2.24) is 0 Å².